The van der Waals surface area contributed by atoms with Crippen molar-refractivity contribution in [1.82, 2.24) is 15.0 Å². The molecule has 0 saturated heterocycles. The van der Waals surface area contributed by atoms with Crippen molar-refractivity contribution in [1.29, 1.82) is 0 Å². The molecule has 0 amide bonds. The summed E-state index contributed by atoms with van der Waals surface area (Å²) in [5.41, 5.74) is 2.50. The van der Waals surface area contributed by atoms with Crippen molar-refractivity contribution in [2.45, 2.75) is 72.3 Å². The molecule has 0 N–H and O–H groups in total. The molecule has 5 nitrogen and oxygen atoms in total. The molecule has 1 aromatic heterocycles. The topological polar surface area (TPSA) is 57.0 Å². The molecule has 1 fully saturated rings. The Balaban J connectivity index is 1.54. The quantitative estimate of drug-likeness (QED) is 0.747. The van der Waals surface area contributed by atoms with Gasteiger partial charge >= 0.3 is 5.97 Å². The second kappa shape index (κ2) is 7.24. The lowest BCUT2D eigenvalue weighted by Crippen LogP contribution is -2.16. The highest BCUT2D eigenvalue weighted by Crippen LogP contribution is 2.53. The standard InChI is InChI=1S/C19H31N3O2/c1-5-6-13(4)19(23)24-11-16-14-7-9-17-18(10-8-15(14)16)22(12(2)3)21-20-17/h12-16H,5-11H2,1-4H3/t13?,14-,15+,16-/m1/s1. The minimum Gasteiger partial charge on any atom is -0.465 e. The fraction of sp³-hybridized carbons (Fsp3) is 0.842. The zero-order chi connectivity index (χ0) is 17.3. The summed E-state index contributed by atoms with van der Waals surface area (Å²) >= 11 is 0. The maximum absolute atomic E-state index is 12.0. The predicted octanol–water partition coefficient (Wildman–Crippen LogP) is 3.58. The Morgan fingerprint density at radius 3 is 2.62 bits per heavy atom. The maximum atomic E-state index is 12.0. The van der Waals surface area contributed by atoms with E-state index in [0.717, 1.165) is 32.1 Å². The minimum absolute atomic E-state index is 0.0171. The Kier molecular flexibility index (Phi) is 5.26. The normalized spacial score (nSPS) is 27.0. The van der Waals surface area contributed by atoms with E-state index in [1.54, 1.807) is 0 Å². The SMILES string of the molecule is CCCC(C)C(=O)OC[C@@H]1[C@@H]2CCc3nnn(C(C)C)c3CC[C@@H]21. The van der Waals surface area contributed by atoms with Crippen LogP contribution in [-0.2, 0) is 22.4 Å². The number of hydrogen-bond donors (Lipinski definition) is 0. The first-order valence-electron chi connectivity index (χ1n) is 9.62. The lowest BCUT2D eigenvalue weighted by atomic mass is 10.0. The Morgan fingerprint density at radius 2 is 1.96 bits per heavy atom. The van der Waals surface area contributed by atoms with Gasteiger partial charge in [0.05, 0.1) is 23.9 Å². The van der Waals surface area contributed by atoms with Crippen molar-refractivity contribution in [3.8, 4) is 0 Å². The third kappa shape index (κ3) is 3.50. The van der Waals surface area contributed by atoms with Gasteiger partial charge in [-0.2, -0.15) is 0 Å². The number of nitrogens with zero attached hydrogens (tertiary/aromatic N) is 3. The first kappa shape index (κ1) is 17.4. The number of ether oxygens (including phenoxy) is 1. The molecule has 0 spiro atoms. The van der Waals surface area contributed by atoms with Gasteiger partial charge in [-0.1, -0.05) is 25.5 Å². The van der Waals surface area contributed by atoms with Crippen LogP contribution in [0.1, 0.15) is 70.8 Å². The van der Waals surface area contributed by atoms with Crippen LogP contribution in [0.4, 0.5) is 0 Å². The number of carbonyl (C=O) groups is 1. The van der Waals surface area contributed by atoms with Crippen LogP contribution in [0.3, 0.4) is 0 Å². The van der Waals surface area contributed by atoms with E-state index in [9.17, 15) is 4.79 Å². The first-order valence-corrected chi connectivity index (χ1v) is 9.62. The summed E-state index contributed by atoms with van der Waals surface area (Å²) in [7, 11) is 0. The minimum atomic E-state index is -0.0171. The molecule has 1 heterocycles. The van der Waals surface area contributed by atoms with Gasteiger partial charge in [0.25, 0.3) is 0 Å². The van der Waals surface area contributed by atoms with Crippen LogP contribution in [0.5, 0.6) is 0 Å². The van der Waals surface area contributed by atoms with E-state index in [1.165, 1.54) is 17.8 Å². The molecule has 0 aromatic carbocycles. The number of aromatic nitrogens is 3. The third-order valence-corrected chi connectivity index (χ3v) is 5.84. The Morgan fingerprint density at radius 1 is 1.25 bits per heavy atom. The number of esters is 1. The predicted molar refractivity (Wildman–Crippen MR) is 92.6 cm³/mol. The summed E-state index contributed by atoms with van der Waals surface area (Å²) in [5.74, 6) is 2.00. The average molecular weight is 333 g/mol. The van der Waals surface area contributed by atoms with Gasteiger partial charge in [-0.15, -0.1) is 5.10 Å². The molecule has 0 bridgehead atoms. The molecular formula is C19H31N3O2. The summed E-state index contributed by atoms with van der Waals surface area (Å²) in [6.07, 6.45) is 6.34. The molecule has 1 saturated carbocycles. The number of carbonyl (C=O) groups excluding carboxylic acids is 1. The van der Waals surface area contributed by atoms with Gasteiger partial charge < -0.3 is 4.74 Å². The van der Waals surface area contributed by atoms with E-state index in [1.807, 2.05) is 6.92 Å². The van der Waals surface area contributed by atoms with E-state index >= 15 is 0 Å². The summed E-state index contributed by atoms with van der Waals surface area (Å²) < 4.78 is 7.69. The fourth-order valence-electron chi connectivity index (χ4n) is 4.32. The van der Waals surface area contributed by atoms with Crippen LogP contribution >= 0.6 is 0 Å². The Labute approximate surface area is 145 Å². The number of rotatable bonds is 6. The molecule has 0 radical (unpaired) electrons. The lowest BCUT2D eigenvalue weighted by Gasteiger charge is -2.12. The number of hydrogen-bond acceptors (Lipinski definition) is 4. The van der Waals surface area contributed by atoms with Gasteiger partial charge in [-0.3, -0.25) is 4.79 Å². The average Bonchev–Trinajstić information content (AvgIpc) is 3.01. The summed E-state index contributed by atoms with van der Waals surface area (Å²) in [6, 6.07) is 0.368. The van der Waals surface area contributed by atoms with Crippen molar-refractivity contribution in [2.75, 3.05) is 6.61 Å². The number of fused-ring (bicyclic) bond motifs is 2. The van der Waals surface area contributed by atoms with E-state index in [-0.39, 0.29) is 11.9 Å². The van der Waals surface area contributed by atoms with Crippen LogP contribution < -0.4 is 0 Å². The van der Waals surface area contributed by atoms with E-state index in [4.69, 9.17) is 4.74 Å². The van der Waals surface area contributed by atoms with Gasteiger partial charge in [0.15, 0.2) is 0 Å². The van der Waals surface area contributed by atoms with Crippen LogP contribution in [0.25, 0.3) is 0 Å². The van der Waals surface area contributed by atoms with Crippen LogP contribution in [0.2, 0.25) is 0 Å². The largest absolute Gasteiger partial charge is 0.465 e. The van der Waals surface area contributed by atoms with Crippen LogP contribution in [0.15, 0.2) is 0 Å². The highest BCUT2D eigenvalue weighted by molar-refractivity contribution is 5.71. The van der Waals surface area contributed by atoms with Crippen molar-refractivity contribution in [3.05, 3.63) is 11.4 Å². The lowest BCUT2D eigenvalue weighted by molar-refractivity contribution is -0.148. The van der Waals surface area contributed by atoms with Crippen molar-refractivity contribution in [3.63, 3.8) is 0 Å². The molecular weight excluding hydrogens is 302 g/mol. The summed E-state index contributed by atoms with van der Waals surface area (Å²) in [4.78, 5) is 12.0. The zero-order valence-electron chi connectivity index (χ0n) is 15.5. The Hall–Kier alpha value is -1.39. The second-order valence-electron chi connectivity index (χ2n) is 7.91. The summed E-state index contributed by atoms with van der Waals surface area (Å²) in [5, 5.41) is 8.74. The molecule has 5 heteroatoms. The molecule has 0 aliphatic heterocycles. The van der Waals surface area contributed by atoms with Gasteiger partial charge in [0, 0.05) is 6.04 Å². The molecule has 3 rings (SSSR count). The third-order valence-electron chi connectivity index (χ3n) is 5.84. The Bertz CT molecular complexity index is 581. The zero-order valence-corrected chi connectivity index (χ0v) is 15.5. The van der Waals surface area contributed by atoms with Gasteiger partial charge in [0.2, 0.25) is 0 Å². The van der Waals surface area contributed by atoms with Gasteiger partial charge in [-0.05, 0) is 63.7 Å². The monoisotopic (exact) mass is 333 g/mol. The van der Waals surface area contributed by atoms with E-state index < -0.39 is 0 Å². The second-order valence-corrected chi connectivity index (χ2v) is 7.91. The molecule has 2 aliphatic carbocycles. The van der Waals surface area contributed by atoms with Crippen LogP contribution in [-0.4, -0.2) is 27.6 Å². The highest BCUT2D eigenvalue weighted by atomic mass is 16.5. The molecule has 4 atom stereocenters. The number of aryl methyl sites for hydroxylation is 1. The molecule has 134 valence electrons. The highest BCUT2D eigenvalue weighted by Gasteiger charge is 2.50. The summed E-state index contributed by atoms with van der Waals surface area (Å²) in [6.45, 7) is 9.01. The smallest absolute Gasteiger partial charge is 0.308 e. The van der Waals surface area contributed by atoms with E-state index in [2.05, 4.69) is 35.8 Å². The molecule has 24 heavy (non-hydrogen) atoms. The fourth-order valence-corrected chi connectivity index (χ4v) is 4.32. The van der Waals surface area contributed by atoms with Gasteiger partial charge in [0.1, 0.15) is 0 Å². The maximum Gasteiger partial charge on any atom is 0.308 e. The van der Waals surface area contributed by atoms with Gasteiger partial charge in [-0.25, -0.2) is 4.68 Å². The van der Waals surface area contributed by atoms with Crippen molar-refractivity contribution in [2.24, 2.45) is 23.7 Å². The molecule has 1 aromatic rings. The molecule has 2 aliphatic rings. The molecule has 1 unspecified atom stereocenters. The van der Waals surface area contributed by atoms with Crippen molar-refractivity contribution >= 4 is 5.97 Å². The van der Waals surface area contributed by atoms with Crippen molar-refractivity contribution < 1.29 is 9.53 Å². The van der Waals surface area contributed by atoms with E-state index in [0.29, 0.717) is 30.4 Å². The van der Waals surface area contributed by atoms with Crippen LogP contribution in [0, 0.1) is 23.7 Å². The first-order chi connectivity index (χ1) is 11.5.